The van der Waals surface area contributed by atoms with E-state index in [1.54, 1.807) is 6.92 Å². The van der Waals surface area contributed by atoms with Crippen LogP contribution in [0.4, 0.5) is 0 Å². The standard InChI is InChI=1S/C14H20O2/c1-3-12-4-6-13(7-5-12)8-9-14(16)10-11(2)15/h3-7,11,14-16H,1,8-10H2,2H3. The molecule has 0 aliphatic carbocycles. The van der Waals surface area contributed by atoms with Gasteiger partial charge in [-0.05, 0) is 37.3 Å². The van der Waals surface area contributed by atoms with E-state index in [0.717, 1.165) is 12.0 Å². The Morgan fingerprint density at radius 3 is 2.38 bits per heavy atom. The number of hydrogen-bond donors (Lipinski definition) is 2. The molecule has 2 unspecified atom stereocenters. The molecule has 0 fully saturated rings. The van der Waals surface area contributed by atoms with Crippen molar-refractivity contribution < 1.29 is 10.2 Å². The molecule has 0 saturated carbocycles. The minimum Gasteiger partial charge on any atom is -0.393 e. The largest absolute Gasteiger partial charge is 0.393 e. The maximum Gasteiger partial charge on any atom is 0.0567 e. The highest BCUT2D eigenvalue weighted by atomic mass is 16.3. The molecule has 88 valence electrons. The van der Waals surface area contributed by atoms with Gasteiger partial charge in [0.1, 0.15) is 0 Å². The normalized spacial score (nSPS) is 14.4. The van der Waals surface area contributed by atoms with E-state index in [4.69, 9.17) is 5.11 Å². The number of benzene rings is 1. The highest BCUT2D eigenvalue weighted by molar-refractivity contribution is 5.47. The molecule has 0 aromatic heterocycles. The van der Waals surface area contributed by atoms with E-state index < -0.39 is 12.2 Å². The molecule has 16 heavy (non-hydrogen) atoms. The molecule has 0 radical (unpaired) electrons. The molecule has 2 nitrogen and oxygen atoms in total. The molecule has 0 spiro atoms. The summed E-state index contributed by atoms with van der Waals surface area (Å²) in [6.07, 6.45) is 2.94. The van der Waals surface area contributed by atoms with Crippen molar-refractivity contribution in [1.29, 1.82) is 0 Å². The quantitative estimate of drug-likeness (QED) is 0.773. The van der Waals surface area contributed by atoms with Gasteiger partial charge in [0.2, 0.25) is 0 Å². The molecule has 0 saturated heterocycles. The van der Waals surface area contributed by atoms with Crippen molar-refractivity contribution in [3.05, 3.63) is 42.0 Å². The Balaban J connectivity index is 2.39. The second-order valence-corrected chi connectivity index (χ2v) is 4.22. The average Bonchev–Trinajstić information content (AvgIpc) is 2.26. The molecular formula is C14H20O2. The Morgan fingerprint density at radius 2 is 1.88 bits per heavy atom. The second kappa shape index (κ2) is 6.46. The zero-order chi connectivity index (χ0) is 12.0. The number of rotatable bonds is 6. The Kier molecular flexibility index (Phi) is 5.23. The number of aryl methyl sites for hydroxylation is 1. The highest BCUT2D eigenvalue weighted by Gasteiger charge is 2.07. The van der Waals surface area contributed by atoms with E-state index in [-0.39, 0.29) is 0 Å². The molecule has 0 aliphatic heterocycles. The summed E-state index contributed by atoms with van der Waals surface area (Å²) in [5.74, 6) is 0. The van der Waals surface area contributed by atoms with E-state index >= 15 is 0 Å². The molecule has 2 heteroatoms. The third kappa shape index (κ3) is 4.60. The molecule has 1 aromatic carbocycles. The van der Waals surface area contributed by atoms with E-state index in [9.17, 15) is 5.11 Å². The fourth-order valence-corrected chi connectivity index (χ4v) is 1.67. The highest BCUT2D eigenvalue weighted by Crippen LogP contribution is 2.11. The SMILES string of the molecule is C=Cc1ccc(CCC(O)CC(C)O)cc1. The molecule has 0 aliphatic rings. The van der Waals surface area contributed by atoms with Gasteiger partial charge in [-0.1, -0.05) is 36.9 Å². The first-order valence-electron chi connectivity index (χ1n) is 5.69. The minimum atomic E-state index is -0.432. The summed E-state index contributed by atoms with van der Waals surface area (Å²) in [5, 5.41) is 18.7. The Hall–Kier alpha value is -1.12. The van der Waals surface area contributed by atoms with Crippen molar-refractivity contribution >= 4 is 6.08 Å². The first-order chi connectivity index (χ1) is 7.61. The van der Waals surface area contributed by atoms with E-state index in [0.29, 0.717) is 12.8 Å². The van der Waals surface area contributed by atoms with Crippen molar-refractivity contribution in [3.8, 4) is 0 Å². The summed E-state index contributed by atoms with van der Waals surface area (Å²) in [4.78, 5) is 0. The van der Waals surface area contributed by atoms with E-state index in [1.165, 1.54) is 5.56 Å². The second-order valence-electron chi connectivity index (χ2n) is 4.22. The van der Waals surface area contributed by atoms with Gasteiger partial charge in [0.05, 0.1) is 12.2 Å². The molecule has 1 rings (SSSR count). The van der Waals surface area contributed by atoms with E-state index in [1.807, 2.05) is 30.3 Å². The summed E-state index contributed by atoms with van der Waals surface area (Å²) in [5.41, 5.74) is 2.31. The molecule has 2 N–H and O–H groups in total. The van der Waals surface area contributed by atoms with Crippen LogP contribution in [0, 0.1) is 0 Å². The van der Waals surface area contributed by atoms with Gasteiger partial charge in [-0.15, -0.1) is 0 Å². The van der Waals surface area contributed by atoms with Gasteiger partial charge in [-0.3, -0.25) is 0 Å². The molecule has 0 heterocycles. The van der Waals surface area contributed by atoms with Crippen LogP contribution in [0.2, 0.25) is 0 Å². The summed E-state index contributed by atoms with van der Waals surface area (Å²) < 4.78 is 0. The third-order valence-corrected chi connectivity index (χ3v) is 2.59. The molecular weight excluding hydrogens is 200 g/mol. The summed E-state index contributed by atoms with van der Waals surface area (Å²) in [7, 11) is 0. The lowest BCUT2D eigenvalue weighted by Crippen LogP contribution is -2.15. The van der Waals surface area contributed by atoms with Crippen molar-refractivity contribution in [2.75, 3.05) is 0 Å². The maximum absolute atomic E-state index is 9.61. The van der Waals surface area contributed by atoms with Gasteiger partial charge in [-0.2, -0.15) is 0 Å². The monoisotopic (exact) mass is 220 g/mol. The first kappa shape index (κ1) is 12.9. The topological polar surface area (TPSA) is 40.5 Å². The van der Waals surface area contributed by atoms with Crippen LogP contribution in [0.25, 0.3) is 6.08 Å². The van der Waals surface area contributed by atoms with Gasteiger partial charge in [0.25, 0.3) is 0 Å². The molecule has 0 amide bonds. The molecule has 0 bridgehead atoms. The Bertz CT molecular complexity index is 314. The maximum atomic E-state index is 9.61. The molecule has 2 atom stereocenters. The van der Waals surface area contributed by atoms with Gasteiger partial charge >= 0.3 is 0 Å². The van der Waals surface area contributed by atoms with E-state index in [2.05, 4.69) is 6.58 Å². The fourth-order valence-electron chi connectivity index (χ4n) is 1.67. The van der Waals surface area contributed by atoms with Crippen LogP contribution in [0.3, 0.4) is 0 Å². The lowest BCUT2D eigenvalue weighted by molar-refractivity contribution is 0.0854. The van der Waals surface area contributed by atoms with Crippen LogP contribution in [0.1, 0.15) is 30.9 Å². The van der Waals surface area contributed by atoms with Gasteiger partial charge in [0.15, 0.2) is 0 Å². The first-order valence-corrected chi connectivity index (χ1v) is 5.69. The predicted octanol–water partition coefficient (Wildman–Crippen LogP) is 2.39. The third-order valence-electron chi connectivity index (χ3n) is 2.59. The summed E-state index contributed by atoms with van der Waals surface area (Å²) in [6, 6.07) is 8.13. The van der Waals surface area contributed by atoms with Gasteiger partial charge < -0.3 is 10.2 Å². The summed E-state index contributed by atoms with van der Waals surface area (Å²) in [6.45, 7) is 5.40. The number of hydrogen-bond acceptors (Lipinski definition) is 2. The van der Waals surface area contributed by atoms with Crippen LogP contribution in [0.15, 0.2) is 30.8 Å². The smallest absolute Gasteiger partial charge is 0.0567 e. The van der Waals surface area contributed by atoms with Crippen molar-refractivity contribution in [2.24, 2.45) is 0 Å². The van der Waals surface area contributed by atoms with Crippen LogP contribution >= 0.6 is 0 Å². The van der Waals surface area contributed by atoms with Gasteiger partial charge in [-0.25, -0.2) is 0 Å². The van der Waals surface area contributed by atoms with Crippen molar-refractivity contribution in [2.45, 2.75) is 38.4 Å². The molecule has 1 aromatic rings. The van der Waals surface area contributed by atoms with Crippen LogP contribution in [0.5, 0.6) is 0 Å². The zero-order valence-electron chi connectivity index (χ0n) is 9.76. The predicted molar refractivity (Wildman–Crippen MR) is 67.2 cm³/mol. The van der Waals surface area contributed by atoms with Crippen molar-refractivity contribution in [1.82, 2.24) is 0 Å². The zero-order valence-corrected chi connectivity index (χ0v) is 9.76. The summed E-state index contributed by atoms with van der Waals surface area (Å²) >= 11 is 0. The van der Waals surface area contributed by atoms with Crippen LogP contribution < -0.4 is 0 Å². The van der Waals surface area contributed by atoms with Crippen LogP contribution in [-0.4, -0.2) is 22.4 Å². The number of aliphatic hydroxyl groups excluding tert-OH is 2. The van der Waals surface area contributed by atoms with Crippen molar-refractivity contribution in [3.63, 3.8) is 0 Å². The lowest BCUT2D eigenvalue weighted by Gasteiger charge is -2.12. The Labute approximate surface area is 97.2 Å². The lowest BCUT2D eigenvalue weighted by atomic mass is 10.0. The number of aliphatic hydroxyl groups is 2. The van der Waals surface area contributed by atoms with Crippen LogP contribution in [-0.2, 0) is 6.42 Å². The Morgan fingerprint density at radius 1 is 1.25 bits per heavy atom. The van der Waals surface area contributed by atoms with Gasteiger partial charge in [0, 0.05) is 0 Å². The average molecular weight is 220 g/mol. The fraction of sp³-hybridized carbons (Fsp3) is 0.429. The minimum absolute atomic E-state index is 0.418.